The van der Waals surface area contributed by atoms with Crippen LogP contribution in [0.5, 0.6) is 17.2 Å². The van der Waals surface area contributed by atoms with Gasteiger partial charge < -0.3 is 34.6 Å². The highest BCUT2D eigenvalue weighted by Crippen LogP contribution is 2.38. The molecule has 1 heterocycles. The monoisotopic (exact) mass is 654 g/mol. The number of hydrogen-bond donors (Lipinski definition) is 2. The molecule has 0 spiro atoms. The Bertz CT molecular complexity index is 1530. The zero-order chi connectivity index (χ0) is 32.0. The van der Waals surface area contributed by atoms with Crippen molar-refractivity contribution in [1.82, 2.24) is 0 Å². The van der Waals surface area contributed by atoms with E-state index >= 15 is 0 Å². The highest BCUT2D eigenvalue weighted by atomic mass is 35.5. The molecule has 15 heteroatoms. The molecule has 0 saturated heterocycles. The molecule has 1 atom stereocenters. The van der Waals surface area contributed by atoms with Gasteiger partial charge in [-0.25, -0.2) is 4.79 Å². The Kier molecular flexibility index (Phi) is 10.7. The Balaban J connectivity index is 1.69. The standard InChI is InChI=1S/C29H26Cl2F2N2O9/c1-41-22-6-5-17(8-21(22)34-26(36)11-27(37)38)28(39)43-24(10-18-19(30)12-35(40)13-20(18)31)16-4-7-23(44-29(32)33)25(9-16)42-14-15-2-3-15/h4-9,12-13,15,24,29H,2-3,10-11,14H2,1H3,(H,34,36)(H,37,38). The molecule has 4 rings (SSSR count). The SMILES string of the molecule is COc1ccc(C(=O)OC(Cc2c(Cl)c[n+]([O-])cc2Cl)c2ccc(OC(F)F)c(OCC3CC3)c2)cc1NC(=O)CC(=O)O. The summed E-state index contributed by atoms with van der Waals surface area (Å²) in [6.07, 6.45) is 1.92. The van der Waals surface area contributed by atoms with Crippen LogP contribution < -0.4 is 24.3 Å². The second kappa shape index (κ2) is 14.4. The molecule has 1 aliphatic carbocycles. The molecule has 0 bridgehead atoms. The Labute approximate surface area is 259 Å². The molecule has 1 saturated carbocycles. The fourth-order valence-corrected chi connectivity index (χ4v) is 4.72. The lowest BCUT2D eigenvalue weighted by Gasteiger charge is -2.22. The first-order valence-electron chi connectivity index (χ1n) is 13.1. The van der Waals surface area contributed by atoms with Crippen molar-refractivity contribution in [2.24, 2.45) is 5.92 Å². The Morgan fingerprint density at radius 2 is 1.75 bits per heavy atom. The Hall–Kier alpha value is -4.36. The molecule has 44 heavy (non-hydrogen) atoms. The normalized spacial score (nSPS) is 13.2. The van der Waals surface area contributed by atoms with Gasteiger partial charge in [0.15, 0.2) is 23.9 Å². The molecular weight excluding hydrogens is 629 g/mol. The van der Waals surface area contributed by atoms with E-state index in [-0.39, 0.29) is 63.1 Å². The number of rotatable bonds is 14. The molecular formula is C29H26Cl2F2N2O9. The van der Waals surface area contributed by atoms with Gasteiger partial charge in [-0.3, -0.25) is 9.59 Å². The minimum atomic E-state index is -3.11. The topological polar surface area (TPSA) is 147 Å². The summed E-state index contributed by atoms with van der Waals surface area (Å²) in [6, 6.07) is 8.04. The third-order valence-corrected chi connectivity index (χ3v) is 7.10. The number of nitrogens with zero attached hydrogens (tertiary/aromatic N) is 1. The van der Waals surface area contributed by atoms with Crippen molar-refractivity contribution in [3.8, 4) is 17.2 Å². The van der Waals surface area contributed by atoms with Crippen LogP contribution in [0.25, 0.3) is 0 Å². The van der Waals surface area contributed by atoms with E-state index in [4.69, 9.17) is 42.5 Å². The van der Waals surface area contributed by atoms with Crippen molar-refractivity contribution in [1.29, 1.82) is 0 Å². The summed E-state index contributed by atoms with van der Waals surface area (Å²) < 4.78 is 48.0. The maximum absolute atomic E-state index is 13.4. The predicted molar refractivity (Wildman–Crippen MR) is 152 cm³/mol. The molecule has 1 amide bonds. The number of pyridine rings is 1. The van der Waals surface area contributed by atoms with E-state index in [2.05, 4.69) is 10.1 Å². The summed E-state index contributed by atoms with van der Waals surface area (Å²) in [4.78, 5) is 36.4. The summed E-state index contributed by atoms with van der Waals surface area (Å²) in [7, 11) is 1.32. The molecule has 1 aliphatic rings. The fraction of sp³-hybridized carbons (Fsp3) is 0.310. The van der Waals surface area contributed by atoms with Crippen molar-refractivity contribution in [3.05, 3.63) is 80.7 Å². The number of nitrogens with one attached hydrogen (secondary N) is 1. The minimum absolute atomic E-state index is 0.00582. The van der Waals surface area contributed by atoms with Gasteiger partial charge in [0.1, 0.15) is 28.3 Å². The number of alkyl halides is 2. The molecule has 11 nitrogen and oxygen atoms in total. The first-order chi connectivity index (χ1) is 20.9. The van der Waals surface area contributed by atoms with Crippen molar-refractivity contribution in [2.75, 3.05) is 19.0 Å². The number of esters is 1. The highest BCUT2D eigenvalue weighted by molar-refractivity contribution is 6.35. The number of ether oxygens (including phenoxy) is 4. The number of anilines is 1. The average molecular weight is 655 g/mol. The number of carboxylic acid groups (broad SMARTS) is 1. The number of aliphatic carboxylic acids is 1. The number of methoxy groups -OCH3 is 1. The number of aromatic nitrogens is 1. The first kappa shape index (κ1) is 32.6. The maximum atomic E-state index is 13.4. The average Bonchev–Trinajstić information content (AvgIpc) is 3.77. The van der Waals surface area contributed by atoms with Crippen molar-refractivity contribution in [3.63, 3.8) is 0 Å². The van der Waals surface area contributed by atoms with E-state index in [1.165, 1.54) is 43.5 Å². The van der Waals surface area contributed by atoms with Crippen molar-refractivity contribution < 1.29 is 51.9 Å². The highest BCUT2D eigenvalue weighted by Gasteiger charge is 2.27. The summed E-state index contributed by atoms with van der Waals surface area (Å²) in [6.45, 7) is -2.84. The van der Waals surface area contributed by atoms with Crippen molar-refractivity contribution in [2.45, 2.75) is 38.4 Å². The lowest BCUT2D eigenvalue weighted by Crippen LogP contribution is -2.25. The van der Waals surface area contributed by atoms with Crippen LogP contribution >= 0.6 is 23.2 Å². The van der Waals surface area contributed by atoms with Crippen LogP contribution in [0.15, 0.2) is 48.8 Å². The van der Waals surface area contributed by atoms with Gasteiger partial charge in [0.2, 0.25) is 5.91 Å². The molecule has 1 fully saturated rings. The van der Waals surface area contributed by atoms with Gasteiger partial charge in [-0.05, 0) is 54.7 Å². The van der Waals surface area contributed by atoms with Gasteiger partial charge in [0, 0.05) is 12.0 Å². The van der Waals surface area contributed by atoms with E-state index in [0.29, 0.717) is 10.3 Å². The molecule has 1 unspecified atom stereocenters. The van der Waals surface area contributed by atoms with Gasteiger partial charge >= 0.3 is 18.6 Å². The van der Waals surface area contributed by atoms with Gasteiger partial charge in [-0.2, -0.15) is 13.5 Å². The van der Waals surface area contributed by atoms with Crippen LogP contribution in [-0.2, 0) is 20.7 Å². The summed E-state index contributed by atoms with van der Waals surface area (Å²) in [5.41, 5.74) is 0.540. The van der Waals surface area contributed by atoms with Crippen LogP contribution in [0, 0.1) is 11.1 Å². The number of hydrogen-bond acceptors (Lipinski definition) is 8. The van der Waals surface area contributed by atoms with Gasteiger partial charge in [-0.15, -0.1) is 0 Å². The van der Waals surface area contributed by atoms with E-state index < -0.39 is 37.0 Å². The number of amides is 1. The second-order valence-corrected chi connectivity index (χ2v) is 10.6. The van der Waals surface area contributed by atoms with Crippen LogP contribution in [0.4, 0.5) is 14.5 Å². The maximum Gasteiger partial charge on any atom is 0.387 e. The fourth-order valence-electron chi connectivity index (χ4n) is 4.12. The number of halogens is 4. The first-order valence-corrected chi connectivity index (χ1v) is 13.9. The van der Waals surface area contributed by atoms with E-state index in [1.54, 1.807) is 0 Å². The van der Waals surface area contributed by atoms with Crippen LogP contribution in [0.1, 0.15) is 46.9 Å². The molecule has 2 aromatic carbocycles. The Morgan fingerprint density at radius 3 is 2.36 bits per heavy atom. The number of carboxylic acids is 1. The molecule has 234 valence electrons. The lowest BCUT2D eigenvalue weighted by atomic mass is 10.0. The quantitative estimate of drug-likeness (QED) is 0.0984. The van der Waals surface area contributed by atoms with Gasteiger partial charge in [-0.1, -0.05) is 29.3 Å². The summed E-state index contributed by atoms with van der Waals surface area (Å²) in [5, 5.41) is 23.1. The number of benzene rings is 2. The lowest BCUT2D eigenvalue weighted by molar-refractivity contribution is -0.605. The van der Waals surface area contributed by atoms with Crippen LogP contribution in [0.2, 0.25) is 10.0 Å². The molecule has 0 aliphatic heterocycles. The number of carbonyl (C=O) groups is 3. The van der Waals surface area contributed by atoms with Crippen LogP contribution in [-0.4, -0.2) is 43.3 Å². The second-order valence-electron chi connectivity index (χ2n) is 9.76. The van der Waals surface area contributed by atoms with Gasteiger partial charge in [0.25, 0.3) is 0 Å². The third-order valence-electron chi connectivity index (χ3n) is 6.44. The largest absolute Gasteiger partial charge is 0.619 e. The molecule has 0 radical (unpaired) electrons. The molecule has 1 aromatic heterocycles. The zero-order valence-electron chi connectivity index (χ0n) is 23.1. The van der Waals surface area contributed by atoms with E-state index in [1.807, 2.05) is 0 Å². The molecule has 3 aromatic rings. The molecule has 2 N–H and O–H groups in total. The Morgan fingerprint density at radius 1 is 1.07 bits per heavy atom. The summed E-state index contributed by atoms with van der Waals surface area (Å²) >= 11 is 12.6. The van der Waals surface area contributed by atoms with E-state index in [0.717, 1.165) is 25.2 Å². The van der Waals surface area contributed by atoms with Crippen molar-refractivity contribution >= 4 is 46.7 Å². The minimum Gasteiger partial charge on any atom is -0.619 e. The van der Waals surface area contributed by atoms with E-state index in [9.17, 15) is 28.4 Å². The number of carbonyl (C=O) groups excluding carboxylic acids is 2. The van der Waals surface area contributed by atoms with Crippen LogP contribution in [0.3, 0.4) is 0 Å². The summed E-state index contributed by atoms with van der Waals surface area (Å²) in [5.74, 6) is -2.87. The zero-order valence-corrected chi connectivity index (χ0v) is 24.6. The smallest absolute Gasteiger partial charge is 0.387 e. The van der Waals surface area contributed by atoms with Gasteiger partial charge in [0.05, 0.1) is 25.0 Å². The predicted octanol–water partition coefficient (Wildman–Crippen LogP) is 5.58. The third kappa shape index (κ3) is 8.83.